The largest absolute Gasteiger partial charge is 0.400 e. The van der Waals surface area contributed by atoms with E-state index in [1.807, 2.05) is 18.7 Å². The number of methoxy groups -OCH3 is 1. The summed E-state index contributed by atoms with van der Waals surface area (Å²) in [5.41, 5.74) is 3.16. The molecule has 1 fully saturated rings. The third-order valence-corrected chi connectivity index (χ3v) is 7.35. The van der Waals surface area contributed by atoms with E-state index < -0.39 is 0 Å². The molecule has 0 amide bonds. The highest BCUT2D eigenvalue weighted by atomic mass is 32.2. The molecule has 4 nitrogen and oxygen atoms in total. The molecular weight excluding hydrogens is 416 g/mol. The second-order valence-electron chi connectivity index (χ2n) is 8.49. The molecule has 0 saturated carbocycles. The fourth-order valence-electron chi connectivity index (χ4n) is 3.00. The van der Waals surface area contributed by atoms with Crippen molar-refractivity contribution in [3.05, 3.63) is 23.3 Å². The highest BCUT2D eigenvalue weighted by Crippen LogP contribution is 2.49. The van der Waals surface area contributed by atoms with Gasteiger partial charge in [0.15, 0.2) is 5.12 Å². The number of hydrogen-bond donors (Lipinski definition) is 1. The molecule has 30 heavy (non-hydrogen) atoms. The number of rotatable bonds is 10. The Morgan fingerprint density at radius 1 is 1.17 bits per heavy atom. The average molecular weight is 461 g/mol. The summed E-state index contributed by atoms with van der Waals surface area (Å²) in [5, 5.41) is 7.08. The predicted molar refractivity (Wildman–Crippen MR) is 134 cm³/mol. The number of carbonyl (C=O) groups is 2. The zero-order valence-electron chi connectivity index (χ0n) is 20.5. The van der Waals surface area contributed by atoms with Crippen LogP contribution in [0.4, 0.5) is 0 Å². The summed E-state index contributed by atoms with van der Waals surface area (Å²) >= 11 is 3.25. The lowest BCUT2D eigenvalue weighted by atomic mass is 9.99. The molecule has 1 aliphatic rings. The monoisotopic (exact) mass is 460 g/mol. The predicted octanol–water partition coefficient (Wildman–Crippen LogP) is 6.57. The normalized spacial score (nSPS) is 21.3. The van der Waals surface area contributed by atoms with Crippen molar-refractivity contribution in [2.45, 2.75) is 102 Å². The quantitative estimate of drug-likeness (QED) is 0.294. The number of aliphatic hydroxyl groups is 1. The van der Waals surface area contributed by atoms with Crippen LogP contribution in [0.5, 0.6) is 0 Å². The van der Waals surface area contributed by atoms with Gasteiger partial charge in [-0.25, -0.2) is 0 Å². The Hall–Kier alpha value is -0.560. The molecule has 0 aromatic carbocycles. The second-order valence-corrected chi connectivity index (χ2v) is 12.0. The molecule has 0 bridgehead atoms. The Bertz CT molecular complexity index is 543. The minimum absolute atomic E-state index is 0.0801. The van der Waals surface area contributed by atoms with Gasteiger partial charge in [0.1, 0.15) is 11.7 Å². The third kappa shape index (κ3) is 16.2. The Kier molecular flexibility index (Phi) is 18.0. The van der Waals surface area contributed by atoms with Gasteiger partial charge in [-0.3, -0.25) is 4.79 Å². The first-order chi connectivity index (χ1) is 13.9. The van der Waals surface area contributed by atoms with Crippen LogP contribution in [-0.4, -0.2) is 45.7 Å². The Labute approximate surface area is 193 Å². The molecule has 0 aliphatic carbocycles. The summed E-state index contributed by atoms with van der Waals surface area (Å²) in [4.78, 5) is 21.6. The number of aliphatic hydroxyl groups excluding tert-OH is 1. The summed E-state index contributed by atoms with van der Waals surface area (Å²) in [6.45, 7) is 14.3. The summed E-state index contributed by atoms with van der Waals surface area (Å²) in [6.07, 6.45) is 11.3. The van der Waals surface area contributed by atoms with Gasteiger partial charge in [0.2, 0.25) is 0 Å². The number of aldehydes is 1. The average Bonchev–Trinajstić information content (AvgIpc) is 2.60. The van der Waals surface area contributed by atoms with E-state index in [4.69, 9.17) is 9.84 Å². The fourth-order valence-corrected chi connectivity index (χ4v) is 5.44. The van der Waals surface area contributed by atoms with E-state index in [-0.39, 0.29) is 9.86 Å². The SMILES string of the molecule is CC(=O)SC(C)(CC=O)CCC=C(C)C.CO.COC1CC(C)(CCC=C(C)C)S1. The summed E-state index contributed by atoms with van der Waals surface area (Å²) < 4.78 is 5.50. The van der Waals surface area contributed by atoms with E-state index in [9.17, 15) is 9.59 Å². The molecule has 176 valence electrons. The Balaban J connectivity index is 0. The maximum absolute atomic E-state index is 11.1. The van der Waals surface area contributed by atoms with E-state index in [0.717, 1.165) is 26.2 Å². The van der Waals surface area contributed by atoms with Crippen LogP contribution in [-0.2, 0) is 14.3 Å². The summed E-state index contributed by atoms with van der Waals surface area (Å²) in [5.74, 6) is 0. The van der Waals surface area contributed by atoms with Crippen molar-refractivity contribution < 1.29 is 19.4 Å². The lowest BCUT2D eigenvalue weighted by molar-refractivity contribution is -0.109. The van der Waals surface area contributed by atoms with Gasteiger partial charge in [0.05, 0.1) is 0 Å². The van der Waals surface area contributed by atoms with Gasteiger partial charge in [-0.15, -0.1) is 11.8 Å². The summed E-state index contributed by atoms with van der Waals surface area (Å²) in [6, 6.07) is 0. The number of hydrogen-bond acceptors (Lipinski definition) is 6. The van der Waals surface area contributed by atoms with Crippen LogP contribution in [0.1, 0.15) is 87.0 Å². The van der Waals surface area contributed by atoms with E-state index in [1.54, 1.807) is 14.0 Å². The van der Waals surface area contributed by atoms with Crippen molar-refractivity contribution in [2.24, 2.45) is 0 Å². The molecule has 0 spiro atoms. The first-order valence-electron chi connectivity index (χ1n) is 10.5. The number of carbonyl (C=O) groups excluding carboxylic acids is 2. The molecule has 1 aliphatic heterocycles. The molecule has 3 atom stereocenters. The molecule has 0 aromatic heterocycles. The van der Waals surface area contributed by atoms with Crippen LogP contribution in [0, 0.1) is 0 Å². The van der Waals surface area contributed by atoms with Gasteiger partial charge >= 0.3 is 0 Å². The molecule has 1 rings (SSSR count). The van der Waals surface area contributed by atoms with Gasteiger partial charge in [0.25, 0.3) is 0 Å². The van der Waals surface area contributed by atoms with Crippen LogP contribution >= 0.6 is 23.5 Å². The second kappa shape index (κ2) is 17.0. The van der Waals surface area contributed by atoms with Crippen molar-refractivity contribution in [3.8, 4) is 0 Å². The Morgan fingerprint density at radius 3 is 2.07 bits per heavy atom. The molecular formula is C24H44O4S2. The van der Waals surface area contributed by atoms with Crippen molar-refractivity contribution in [3.63, 3.8) is 0 Å². The maximum Gasteiger partial charge on any atom is 0.186 e. The zero-order valence-corrected chi connectivity index (χ0v) is 22.2. The van der Waals surface area contributed by atoms with Crippen molar-refractivity contribution in [2.75, 3.05) is 14.2 Å². The number of allylic oxidation sites excluding steroid dienone is 4. The van der Waals surface area contributed by atoms with Crippen LogP contribution in [0.2, 0.25) is 0 Å². The van der Waals surface area contributed by atoms with Gasteiger partial charge < -0.3 is 14.6 Å². The van der Waals surface area contributed by atoms with Gasteiger partial charge in [0, 0.05) is 37.1 Å². The van der Waals surface area contributed by atoms with Gasteiger partial charge in [-0.1, -0.05) is 42.0 Å². The third-order valence-electron chi connectivity index (χ3n) is 4.63. The topological polar surface area (TPSA) is 63.6 Å². The smallest absolute Gasteiger partial charge is 0.186 e. The highest BCUT2D eigenvalue weighted by Gasteiger charge is 2.40. The first kappa shape index (κ1) is 31.6. The van der Waals surface area contributed by atoms with E-state index in [0.29, 0.717) is 16.6 Å². The fraction of sp³-hybridized carbons (Fsp3) is 0.750. The zero-order chi connectivity index (χ0) is 23.8. The first-order valence-corrected chi connectivity index (χ1v) is 12.2. The summed E-state index contributed by atoms with van der Waals surface area (Å²) in [7, 11) is 2.80. The van der Waals surface area contributed by atoms with Crippen LogP contribution in [0.3, 0.4) is 0 Å². The standard InChI is InChI=1S/C12H20O2S.C11H20OS.CH4O/c1-10(2)6-5-7-12(4,8-9-13)15-11(3)14;1-9(2)6-5-7-11(3)8-10(12-4)13-11;1-2/h6,9H,5,7-8H2,1-4H3;6,10H,5,7-8H2,1-4H3;2H,1H3. The Morgan fingerprint density at radius 2 is 1.67 bits per heavy atom. The van der Waals surface area contributed by atoms with Crippen molar-refractivity contribution >= 4 is 34.9 Å². The number of ether oxygens (including phenoxy) is 1. The lowest BCUT2D eigenvalue weighted by Crippen LogP contribution is -2.38. The van der Waals surface area contributed by atoms with E-state index in [1.165, 1.54) is 42.2 Å². The molecule has 1 saturated heterocycles. The van der Waals surface area contributed by atoms with Crippen molar-refractivity contribution in [1.29, 1.82) is 0 Å². The molecule has 0 radical (unpaired) electrons. The van der Waals surface area contributed by atoms with E-state index >= 15 is 0 Å². The molecule has 3 unspecified atom stereocenters. The van der Waals surface area contributed by atoms with Gasteiger partial charge in [-0.2, -0.15) is 0 Å². The van der Waals surface area contributed by atoms with Gasteiger partial charge in [-0.05, 0) is 66.7 Å². The van der Waals surface area contributed by atoms with Crippen LogP contribution in [0.15, 0.2) is 23.3 Å². The minimum Gasteiger partial charge on any atom is -0.400 e. The highest BCUT2D eigenvalue weighted by molar-refractivity contribution is 8.14. The van der Waals surface area contributed by atoms with Crippen LogP contribution in [0.25, 0.3) is 0 Å². The van der Waals surface area contributed by atoms with E-state index in [2.05, 4.69) is 46.8 Å². The van der Waals surface area contributed by atoms with Crippen LogP contribution < -0.4 is 0 Å². The van der Waals surface area contributed by atoms with Crippen molar-refractivity contribution in [1.82, 2.24) is 0 Å². The maximum atomic E-state index is 11.1. The molecule has 1 N–H and O–H groups in total. The minimum atomic E-state index is -0.237. The number of thioether (sulfide) groups is 2. The molecule has 1 heterocycles. The lowest BCUT2D eigenvalue weighted by Gasteiger charge is -2.43. The molecule has 6 heteroatoms. The molecule has 0 aromatic rings.